The Morgan fingerprint density at radius 3 is 2.78 bits per heavy atom. The lowest BCUT2D eigenvalue weighted by Crippen LogP contribution is -2.36. The summed E-state index contributed by atoms with van der Waals surface area (Å²) >= 11 is 1.06. The minimum atomic E-state index is -0.325. The van der Waals surface area contributed by atoms with Crippen LogP contribution in [0.3, 0.4) is 0 Å². The first kappa shape index (κ1) is 16.0. The molecular formula is C14H19N5O3S. The summed E-state index contributed by atoms with van der Waals surface area (Å²) in [5.41, 5.74) is 0. The van der Waals surface area contributed by atoms with Crippen molar-refractivity contribution >= 4 is 17.4 Å². The maximum absolute atomic E-state index is 12.4. The number of carbonyl (C=O) groups is 1. The van der Waals surface area contributed by atoms with Gasteiger partial charge in [-0.3, -0.25) is 4.79 Å². The van der Waals surface area contributed by atoms with Crippen molar-refractivity contribution in [3.05, 3.63) is 22.8 Å². The van der Waals surface area contributed by atoms with Gasteiger partial charge in [0.25, 0.3) is 5.91 Å². The van der Waals surface area contributed by atoms with Crippen molar-refractivity contribution in [2.75, 3.05) is 13.2 Å². The Morgan fingerprint density at radius 1 is 1.39 bits per heavy atom. The van der Waals surface area contributed by atoms with Crippen molar-refractivity contribution in [2.24, 2.45) is 5.92 Å². The topological polar surface area (TPSA) is 103 Å². The minimum Gasteiger partial charge on any atom is -0.381 e. The molecule has 0 bridgehead atoms. The summed E-state index contributed by atoms with van der Waals surface area (Å²) in [7, 11) is 0. The highest BCUT2D eigenvalue weighted by Gasteiger charge is 2.32. The van der Waals surface area contributed by atoms with Gasteiger partial charge in [-0.15, -0.1) is 5.10 Å². The molecule has 0 aromatic carbocycles. The maximum atomic E-state index is 12.4. The van der Waals surface area contributed by atoms with Gasteiger partial charge in [-0.05, 0) is 30.3 Å². The zero-order valence-corrected chi connectivity index (χ0v) is 13.9. The van der Waals surface area contributed by atoms with Gasteiger partial charge >= 0.3 is 0 Å². The van der Waals surface area contributed by atoms with Gasteiger partial charge in [0.05, 0.1) is 6.20 Å². The summed E-state index contributed by atoms with van der Waals surface area (Å²) in [6.07, 6.45) is 3.13. The highest BCUT2D eigenvalue weighted by Crippen LogP contribution is 2.30. The van der Waals surface area contributed by atoms with Gasteiger partial charge in [-0.2, -0.15) is 4.98 Å². The quantitative estimate of drug-likeness (QED) is 0.889. The molecule has 3 heterocycles. The normalized spacial score (nSPS) is 17.3. The van der Waals surface area contributed by atoms with Crippen LogP contribution in [0.4, 0.5) is 0 Å². The second-order valence-electron chi connectivity index (χ2n) is 5.83. The second-order valence-corrected chi connectivity index (χ2v) is 6.61. The van der Waals surface area contributed by atoms with Gasteiger partial charge in [-0.1, -0.05) is 23.5 Å². The molecule has 23 heavy (non-hydrogen) atoms. The monoisotopic (exact) mass is 337 g/mol. The summed E-state index contributed by atoms with van der Waals surface area (Å²) < 4.78 is 14.5. The molecule has 1 unspecified atom stereocenters. The highest BCUT2D eigenvalue weighted by atomic mass is 32.1. The average molecular weight is 337 g/mol. The molecule has 8 nitrogen and oxygen atoms in total. The van der Waals surface area contributed by atoms with Crippen molar-refractivity contribution in [3.63, 3.8) is 0 Å². The molecule has 0 spiro atoms. The number of carbonyl (C=O) groups excluding carboxylic acids is 1. The third-order valence-electron chi connectivity index (χ3n) is 3.85. The Bertz CT molecular complexity index is 637. The molecule has 1 aliphatic heterocycles. The van der Waals surface area contributed by atoms with Gasteiger partial charge in [-0.25, -0.2) is 0 Å². The van der Waals surface area contributed by atoms with Crippen LogP contribution in [0, 0.1) is 5.92 Å². The van der Waals surface area contributed by atoms with E-state index in [-0.39, 0.29) is 23.8 Å². The van der Waals surface area contributed by atoms with E-state index in [1.165, 1.54) is 6.20 Å². The zero-order chi connectivity index (χ0) is 16.2. The summed E-state index contributed by atoms with van der Waals surface area (Å²) in [5.74, 6) is 1.25. The first-order valence-electron chi connectivity index (χ1n) is 7.64. The Hall–Kier alpha value is -1.87. The molecule has 0 saturated carbocycles. The maximum Gasteiger partial charge on any atom is 0.265 e. The van der Waals surface area contributed by atoms with Crippen LogP contribution >= 0.6 is 11.5 Å². The van der Waals surface area contributed by atoms with Gasteiger partial charge < -0.3 is 14.6 Å². The van der Waals surface area contributed by atoms with E-state index in [2.05, 4.69) is 25.0 Å². The fourth-order valence-electron chi connectivity index (χ4n) is 2.52. The molecule has 2 aromatic rings. The lowest BCUT2D eigenvalue weighted by atomic mass is 9.91. The number of rotatable bonds is 5. The van der Waals surface area contributed by atoms with E-state index in [1.54, 1.807) is 0 Å². The Morgan fingerprint density at radius 2 is 2.17 bits per heavy atom. The molecule has 1 atom stereocenters. The smallest absolute Gasteiger partial charge is 0.265 e. The molecule has 124 valence electrons. The summed E-state index contributed by atoms with van der Waals surface area (Å²) in [6.45, 7) is 5.34. The van der Waals surface area contributed by atoms with Crippen molar-refractivity contribution < 1.29 is 14.1 Å². The average Bonchev–Trinajstić information content (AvgIpc) is 3.24. The summed E-state index contributed by atoms with van der Waals surface area (Å²) in [4.78, 5) is 17.3. The van der Waals surface area contributed by atoms with Crippen molar-refractivity contribution in [1.82, 2.24) is 25.0 Å². The molecule has 1 aliphatic rings. The van der Waals surface area contributed by atoms with E-state index >= 15 is 0 Å². The number of nitrogens with one attached hydrogen (secondary N) is 1. The van der Waals surface area contributed by atoms with Crippen LogP contribution in [-0.2, 0) is 4.74 Å². The molecule has 3 rings (SSSR count). The number of hydrogen-bond donors (Lipinski definition) is 1. The first-order chi connectivity index (χ1) is 11.1. The molecule has 1 amide bonds. The van der Waals surface area contributed by atoms with Crippen LogP contribution in [-0.4, -0.2) is 38.8 Å². The number of ether oxygens (including phenoxy) is 1. The predicted octanol–water partition coefficient (Wildman–Crippen LogP) is 1.94. The Balaban J connectivity index is 1.81. The number of hydrogen-bond acceptors (Lipinski definition) is 8. The standard InChI is InChI=1S/C14H19N5O3S/c1-8(2)12-17-14(22-18-12)11(9-3-5-21-6-4-9)16-13(20)10-7-15-19-23-10/h7-9,11H,3-6H2,1-2H3,(H,16,20). The fraction of sp³-hybridized carbons (Fsp3) is 0.643. The number of nitrogens with zero attached hydrogens (tertiary/aromatic N) is 4. The van der Waals surface area contributed by atoms with Gasteiger partial charge in [0.15, 0.2) is 5.82 Å². The van der Waals surface area contributed by atoms with Gasteiger partial charge in [0.2, 0.25) is 5.89 Å². The Kier molecular flexibility index (Phi) is 4.97. The van der Waals surface area contributed by atoms with E-state index in [1.807, 2.05) is 13.8 Å². The molecule has 1 N–H and O–H groups in total. The zero-order valence-electron chi connectivity index (χ0n) is 13.1. The molecule has 1 fully saturated rings. The van der Waals surface area contributed by atoms with E-state index in [4.69, 9.17) is 9.26 Å². The minimum absolute atomic E-state index is 0.171. The van der Waals surface area contributed by atoms with Crippen molar-refractivity contribution in [2.45, 2.75) is 38.6 Å². The van der Waals surface area contributed by atoms with E-state index in [9.17, 15) is 4.79 Å². The van der Waals surface area contributed by atoms with E-state index in [0.29, 0.717) is 29.8 Å². The van der Waals surface area contributed by atoms with Crippen LogP contribution in [0.2, 0.25) is 0 Å². The van der Waals surface area contributed by atoms with Crippen molar-refractivity contribution in [3.8, 4) is 0 Å². The lowest BCUT2D eigenvalue weighted by Gasteiger charge is -2.28. The Labute approximate surface area is 137 Å². The van der Waals surface area contributed by atoms with Gasteiger partial charge in [0, 0.05) is 19.1 Å². The summed E-state index contributed by atoms with van der Waals surface area (Å²) in [6, 6.07) is -0.325. The number of amides is 1. The first-order valence-corrected chi connectivity index (χ1v) is 8.42. The van der Waals surface area contributed by atoms with Crippen LogP contribution in [0.1, 0.15) is 60.0 Å². The predicted molar refractivity (Wildman–Crippen MR) is 82.0 cm³/mol. The third kappa shape index (κ3) is 3.73. The molecule has 2 aromatic heterocycles. The van der Waals surface area contributed by atoms with Crippen LogP contribution in [0.15, 0.2) is 10.7 Å². The van der Waals surface area contributed by atoms with Crippen molar-refractivity contribution in [1.29, 1.82) is 0 Å². The largest absolute Gasteiger partial charge is 0.381 e. The second kappa shape index (κ2) is 7.14. The lowest BCUT2D eigenvalue weighted by molar-refractivity contribution is 0.0468. The molecule has 9 heteroatoms. The molecular weight excluding hydrogens is 318 g/mol. The van der Waals surface area contributed by atoms with Crippen LogP contribution in [0.5, 0.6) is 0 Å². The van der Waals surface area contributed by atoms with E-state index < -0.39 is 0 Å². The highest BCUT2D eigenvalue weighted by molar-refractivity contribution is 7.07. The molecule has 0 radical (unpaired) electrons. The van der Waals surface area contributed by atoms with Crippen LogP contribution < -0.4 is 5.32 Å². The fourth-order valence-corrected chi connectivity index (χ4v) is 2.94. The molecule has 0 aliphatic carbocycles. The van der Waals surface area contributed by atoms with E-state index in [0.717, 1.165) is 24.4 Å². The SMILES string of the molecule is CC(C)c1noc(C(NC(=O)c2cnns2)C2CCOCC2)n1. The van der Waals surface area contributed by atoms with Crippen LogP contribution in [0.25, 0.3) is 0 Å². The molecule has 1 saturated heterocycles. The number of aromatic nitrogens is 4. The van der Waals surface area contributed by atoms with Gasteiger partial charge in [0.1, 0.15) is 10.9 Å². The summed E-state index contributed by atoms with van der Waals surface area (Å²) in [5, 5.41) is 10.7. The third-order valence-corrected chi connectivity index (χ3v) is 4.51.